The number of aromatic hydroxyl groups is 1. The highest BCUT2D eigenvalue weighted by Gasteiger charge is 2.10. The molecular weight excluding hydrogens is 196 g/mol. The lowest BCUT2D eigenvalue weighted by molar-refractivity contribution is 0.112. The van der Waals surface area contributed by atoms with Crippen LogP contribution in [-0.2, 0) is 0 Å². The van der Waals surface area contributed by atoms with E-state index in [9.17, 15) is 9.90 Å². The van der Waals surface area contributed by atoms with Gasteiger partial charge in [0.05, 0.1) is 0 Å². The van der Waals surface area contributed by atoms with Crippen molar-refractivity contribution in [3.05, 3.63) is 29.8 Å². The van der Waals surface area contributed by atoms with Crippen molar-refractivity contribution in [3.63, 3.8) is 0 Å². The fourth-order valence-corrected chi connectivity index (χ4v) is 1.28. The van der Waals surface area contributed by atoms with E-state index in [4.69, 9.17) is 10.3 Å². The Morgan fingerprint density at radius 3 is 2.80 bits per heavy atom. The first-order valence-electron chi connectivity index (χ1n) is 4.21. The van der Waals surface area contributed by atoms with Crippen molar-refractivity contribution in [3.8, 4) is 17.1 Å². The largest absolute Gasteiger partial charge is 0.508 e. The first kappa shape index (κ1) is 9.26. The number of nitrogen functional groups attached to an aromatic ring is 1. The number of carbonyl (C=O) groups excluding carboxylic acids is 1. The zero-order valence-electron chi connectivity index (χ0n) is 7.68. The molecule has 5 nitrogen and oxygen atoms in total. The van der Waals surface area contributed by atoms with Crippen molar-refractivity contribution in [2.24, 2.45) is 0 Å². The summed E-state index contributed by atoms with van der Waals surface area (Å²) in [4.78, 5) is 10.7. The van der Waals surface area contributed by atoms with Crippen molar-refractivity contribution in [1.82, 2.24) is 5.16 Å². The average Bonchev–Trinajstić information content (AvgIpc) is 2.65. The predicted octanol–water partition coefficient (Wildman–Crippen LogP) is 1.44. The molecule has 1 aromatic heterocycles. The second-order valence-electron chi connectivity index (χ2n) is 3.01. The summed E-state index contributed by atoms with van der Waals surface area (Å²) in [5, 5.41) is 12.8. The van der Waals surface area contributed by atoms with Crippen molar-refractivity contribution >= 4 is 12.1 Å². The summed E-state index contributed by atoms with van der Waals surface area (Å²) in [6.45, 7) is 0. The maximum atomic E-state index is 10.7. The second-order valence-corrected chi connectivity index (χ2v) is 3.01. The van der Waals surface area contributed by atoms with E-state index < -0.39 is 0 Å². The van der Waals surface area contributed by atoms with E-state index in [0.717, 1.165) is 0 Å². The lowest BCUT2D eigenvalue weighted by Gasteiger charge is -2.00. The highest BCUT2D eigenvalue weighted by molar-refractivity contribution is 5.87. The molecule has 0 aliphatic carbocycles. The molecule has 0 aliphatic rings. The van der Waals surface area contributed by atoms with Gasteiger partial charge in [-0.2, -0.15) is 0 Å². The van der Waals surface area contributed by atoms with Crippen LogP contribution in [0.1, 0.15) is 10.4 Å². The Bertz CT molecular complexity index is 505. The van der Waals surface area contributed by atoms with Gasteiger partial charge in [-0.1, -0.05) is 5.16 Å². The van der Waals surface area contributed by atoms with Crippen LogP contribution in [0.25, 0.3) is 11.3 Å². The zero-order valence-corrected chi connectivity index (χ0v) is 7.68. The summed E-state index contributed by atoms with van der Waals surface area (Å²) < 4.78 is 4.90. The highest BCUT2D eigenvalue weighted by Crippen LogP contribution is 2.27. The third-order valence-corrected chi connectivity index (χ3v) is 1.96. The molecule has 76 valence electrons. The molecule has 0 spiro atoms. The monoisotopic (exact) mass is 204 g/mol. The Balaban J connectivity index is 2.59. The van der Waals surface area contributed by atoms with E-state index in [1.807, 2.05) is 0 Å². The Labute approximate surface area is 85.1 Å². The third-order valence-electron chi connectivity index (χ3n) is 1.96. The number of benzene rings is 1. The van der Waals surface area contributed by atoms with Gasteiger partial charge >= 0.3 is 0 Å². The molecule has 2 aromatic rings. The summed E-state index contributed by atoms with van der Waals surface area (Å²) in [6.07, 6.45) is 0.674. The van der Waals surface area contributed by atoms with Crippen LogP contribution in [0.3, 0.4) is 0 Å². The van der Waals surface area contributed by atoms with Crippen LogP contribution in [0.5, 0.6) is 5.75 Å². The molecule has 0 saturated heterocycles. The second kappa shape index (κ2) is 3.45. The number of aldehydes is 1. The number of aromatic nitrogens is 1. The summed E-state index contributed by atoms with van der Waals surface area (Å²) in [5.41, 5.74) is 6.26. The molecule has 0 unspecified atom stereocenters. The minimum atomic E-state index is 0.0468. The number of rotatable bonds is 2. The van der Waals surface area contributed by atoms with E-state index in [-0.39, 0.29) is 11.6 Å². The SMILES string of the molecule is Nc1cc(-c2cc(O)ccc2C=O)on1. The molecule has 1 aromatic carbocycles. The summed E-state index contributed by atoms with van der Waals surface area (Å²) in [5.74, 6) is 0.626. The van der Waals surface area contributed by atoms with Gasteiger partial charge in [0.25, 0.3) is 0 Å². The van der Waals surface area contributed by atoms with Gasteiger partial charge in [0.1, 0.15) is 5.75 Å². The minimum Gasteiger partial charge on any atom is -0.508 e. The summed E-state index contributed by atoms with van der Waals surface area (Å²) in [7, 11) is 0. The number of phenolic OH excluding ortho intramolecular Hbond substituents is 1. The molecule has 0 amide bonds. The maximum Gasteiger partial charge on any atom is 0.169 e. The van der Waals surface area contributed by atoms with Gasteiger partial charge in [-0.3, -0.25) is 4.79 Å². The van der Waals surface area contributed by atoms with Crippen LogP contribution in [0, 0.1) is 0 Å². The maximum absolute atomic E-state index is 10.7. The quantitative estimate of drug-likeness (QED) is 0.722. The molecule has 5 heteroatoms. The number of carbonyl (C=O) groups is 1. The first-order chi connectivity index (χ1) is 7.20. The van der Waals surface area contributed by atoms with E-state index >= 15 is 0 Å². The number of nitrogens with zero attached hydrogens (tertiary/aromatic N) is 1. The highest BCUT2D eigenvalue weighted by atomic mass is 16.5. The smallest absolute Gasteiger partial charge is 0.169 e. The van der Waals surface area contributed by atoms with Gasteiger partial charge in [0.2, 0.25) is 0 Å². The Morgan fingerprint density at radius 2 is 2.20 bits per heavy atom. The Hall–Kier alpha value is -2.30. The first-order valence-corrected chi connectivity index (χ1v) is 4.21. The van der Waals surface area contributed by atoms with Crippen LogP contribution >= 0.6 is 0 Å². The van der Waals surface area contributed by atoms with E-state index in [1.165, 1.54) is 24.3 Å². The molecule has 1 heterocycles. The fourth-order valence-electron chi connectivity index (χ4n) is 1.28. The molecule has 0 bridgehead atoms. The molecule has 2 rings (SSSR count). The Kier molecular flexibility index (Phi) is 2.13. The Morgan fingerprint density at radius 1 is 1.40 bits per heavy atom. The minimum absolute atomic E-state index is 0.0468. The topological polar surface area (TPSA) is 89.4 Å². The molecule has 0 saturated carbocycles. The van der Waals surface area contributed by atoms with Crippen molar-refractivity contribution in [2.75, 3.05) is 5.73 Å². The predicted molar refractivity (Wildman–Crippen MR) is 53.4 cm³/mol. The van der Waals surface area contributed by atoms with Crippen LogP contribution in [0.4, 0.5) is 5.82 Å². The number of nitrogens with two attached hydrogens (primary N) is 1. The summed E-state index contributed by atoms with van der Waals surface area (Å²) in [6, 6.07) is 5.83. The third kappa shape index (κ3) is 1.67. The van der Waals surface area contributed by atoms with E-state index in [0.29, 0.717) is 23.2 Å². The van der Waals surface area contributed by atoms with Crippen LogP contribution in [0.2, 0.25) is 0 Å². The normalized spacial score (nSPS) is 10.1. The lowest BCUT2D eigenvalue weighted by Crippen LogP contribution is -1.85. The number of hydrogen-bond acceptors (Lipinski definition) is 5. The zero-order chi connectivity index (χ0) is 10.8. The van der Waals surface area contributed by atoms with Crippen molar-refractivity contribution in [2.45, 2.75) is 0 Å². The number of anilines is 1. The molecule has 15 heavy (non-hydrogen) atoms. The average molecular weight is 204 g/mol. The standard InChI is InChI=1S/C10H8N2O3/c11-10-4-9(15-12-10)8-3-7(14)2-1-6(8)5-13/h1-5,14H,(H2,11,12). The van der Waals surface area contributed by atoms with Gasteiger partial charge in [-0.25, -0.2) is 0 Å². The molecule has 0 radical (unpaired) electrons. The molecule has 3 N–H and O–H groups in total. The van der Waals surface area contributed by atoms with Crippen molar-refractivity contribution in [1.29, 1.82) is 0 Å². The summed E-state index contributed by atoms with van der Waals surface area (Å²) >= 11 is 0. The van der Waals surface area contributed by atoms with Crippen LogP contribution in [0.15, 0.2) is 28.8 Å². The number of hydrogen-bond donors (Lipinski definition) is 2. The molecular formula is C10H8N2O3. The lowest BCUT2D eigenvalue weighted by atomic mass is 10.1. The molecule has 0 atom stereocenters. The van der Waals surface area contributed by atoms with Gasteiger partial charge < -0.3 is 15.4 Å². The van der Waals surface area contributed by atoms with Gasteiger partial charge in [-0.15, -0.1) is 0 Å². The van der Waals surface area contributed by atoms with Gasteiger partial charge in [0, 0.05) is 17.2 Å². The van der Waals surface area contributed by atoms with Crippen LogP contribution < -0.4 is 5.73 Å². The number of phenols is 1. The molecule has 0 aliphatic heterocycles. The van der Waals surface area contributed by atoms with Gasteiger partial charge in [0.15, 0.2) is 17.9 Å². The molecule has 0 fully saturated rings. The fraction of sp³-hybridized carbons (Fsp3) is 0. The van der Waals surface area contributed by atoms with Crippen LogP contribution in [-0.4, -0.2) is 16.5 Å². The van der Waals surface area contributed by atoms with Crippen molar-refractivity contribution < 1.29 is 14.4 Å². The van der Waals surface area contributed by atoms with E-state index in [1.54, 1.807) is 0 Å². The van der Waals surface area contributed by atoms with Gasteiger partial charge in [-0.05, 0) is 18.2 Å². The van der Waals surface area contributed by atoms with E-state index in [2.05, 4.69) is 5.16 Å².